The number of thiazole rings is 4. The number of rotatable bonds is 16. The summed E-state index contributed by atoms with van der Waals surface area (Å²) < 4.78 is 60.0. The van der Waals surface area contributed by atoms with E-state index in [0.717, 1.165) is 85.6 Å². The molecule has 0 bridgehead atoms. The molecule has 0 aliphatic carbocycles. The molecular weight excluding hydrogens is 1660 g/mol. The predicted molar refractivity (Wildman–Crippen MR) is 439 cm³/mol. The molecule has 0 fully saturated rings. The first-order chi connectivity index (χ1) is 52.7. The molecule has 1 unspecified atom stereocenters. The zero-order valence-electron chi connectivity index (χ0n) is 66.4. The number of aromatic nitrogens is 16. The second kappa shape index (κ2) is 41.6. The molecule has 0 radical (unpaired) electrons. The first-order valence-corrected chi connectivity index (χ1v) is 37.4. The molecule has 4 aromatic carbocycles. The van der Waals surface area contributed by atoms with Crippen molar-refractivity contribution < 1.29 is 87.4 Å². The van der Waals surface area contributed by atoms with E-state index in [1.54, 1.807) is 113 Å². The Hall–Kier alpha value is -9.19. The third-order valence-electron chi connectivity index (χ3n) is 17.3. The molecule has 0 amide bonds. The molecule has 16 rings (SSSR count). The zero-order chi connectivity index (χ0) is 79.2. The molecule has 0 aliphatic rings. The van der Waals surface area contributed by atoms with Gasteiger partial charge in [0.25, 0.3) is 22.2 Å². The quantitative estimate of drug-likeness (QED) is 0.0566. The first kappa shape index (κ1) is 94.7. The molecule has 0 saturated carbocycles. The van der Waals surface area contributed by atoms with Crippen LogP contribution in [-0.2, 0) is 82.5 Å². The van der Waals surface area contributed by atoms with Crippen molar-refractivity contribution in [2.45, 2.75) is 79.4 Å². The topological polar surface area (TPSA) is 356 Å². The van der Waals surface area contributed by atoms with Crippen LogP contribution in [0, 0.1) is 14.9 Å². The average Bonchev–Trinajstić information content (AvgIpc) is 1.61. The Morgan fingerprint density at radius 1 is 0.522 bits per heavy atom. The normalized spacial score (nSPS) is 11.0. The summed E-state index contributed by atoms with van der Waals surface area (Å²) >= 11 is 3.91. The van der Waals surface area contributed by atoms with Crippen LogP contribution in [0.1, 0.15) is 101 Å². The van der Waals surface area contributed by atoms with Crippen LogP contribution in [0.3, 0.4) is 0 Å². The molecule has 0 aliphatic heterocycles. The standard InChI is InChI=1S/C19H20N4O3S.C18H18N4O3S.C18H16N4O3S.C17H14N4O3S.C2H6.2CH3.2ClH.2Mg.Mn.2O/c1-19(2,25)18-21-16-15(27-18)13-9-20-23(17(24)14(13)22(16)3)10-11-6-5-7-12(8-11)26-4;2*1-10(23)17-20-16-15(26-17)13-8-19-22(18(24)14(13)21(16)2)9-11-5-4-6-12(7-11)25-3;1-20-14-12(15-16(20)19-13(9-22)25-15)7-18-21(17(14)23)8-10-4-3-5-11(6-10)24-2;1-2;;;;;;;;;/h5-9,25H,10H2,1-4H3;4-8,10,23H,9H2,1-3H3;4-8H,9H2,1-3H3;3-7,9H,8H2,1-2H3;1-2H3;2*1H3;2*1H;;;;;/q;;;;;2*-1;;;2*+2;;;/p-2/i;;;;1D;;;;;;;;;. The van der Waals surface area contributed by atoms with Crippen LogP contribution in [-0.4, -0.2) is 174 Å². The number of methoxy groups -OCH3 is 4. The molecule has 12 heterocycles. The van der Waals surface area contributed by atoms with Crippen molar-refractivity contribution in [3.63, 3.8) is 0 Å². The molecular formula is C76H80Cl2Mg2MnN16O14S4. The summed E-state index contributed by atoms with van der Waals surface area (Å²) in [6.45, 7) is 10.3. The van der Waals surface area contributed by atoms with E-state index in [9.17, 15) is 39.0 Å². The molecule has 0 saturated heterocycles. The van der Waals surface area contributed by atoms with Crippen molar-refractivity contribution in [3.8, 4) is 23.0 Å². The third kappa shape index (κ3) is 20.1. The maximum absolute atomic E-state index is 13.0. The molecule has 39 heteroatoms. The van der Waals surface area contributed by atoms with E-state index in [1.165, 1.54) is 71.0 Å². The Morgan fingerprint density at radius 3 is 1.10 bits per heavy atom. The van der Waals surface area contributed by atoms with Gasteiger partial charge in [-0.25, -0.2) is 38.7 Å². The van der Waals surface area contributed by atoms with Crippen LogP contribution in [0.15, 0.2) is 141 Å². The first-order valence-electron chi connectivity index (χ1n) is 33.9. The summed E-state index contributed by atoms with van der Waals surface area (Å²) in [5.74, 6) is 2.86. The molecule has 115 heavy (non-hydrogen) atoms. The average molecular weight is 1750 g/mol. The number of halogens is 2. The summed E-state index contributed by atoms with van der Waals surface area (Å²) in [5.41, 5.74) is 6.78. The second-order valence-corrected chi connectivity index (χ2v) is 29.1. The van der Waals surface area contributed by atoms with Gasteiger partial charge in [-0.2, -0.15) is 20.4 Å². The van der Waals surface area contributed by atoms with Crippen molar-refractivity contribution >= 4 is 189 Å². The van der Waals surface area contributed by atoms with Crippen LogP contribution >= 0.6 is 45.3 Å². The number of aliphatic hydroxyl groups is 2. The Labute approximate surface area is 726 Å². The number of nitrogens with zero attached hydrogens (tertiary/aromatic N) is 16. The van der Waals surface area contributed by atoms with Gasteiger partial charge in [0.05, 0.1) is 98.2 Å². The fourth-order valence-corrected chi connectivity index (χ4v) is 16.1. The van der Waals surface area contributed by atoms with Crippen molar-refractivity contribution in [1.82, 2.24) is 77.3 Å². The fraction of sp³-hybridized carbons (Fsp3) is 0.263. The summed E-state index contributed by atoms with van der Waals surface area (Å²) in [5, 5.41) is 42.3. The summed E-state index contributed by atoms with van der Waals surface area (Å²) in [6, 6.07) is 30.2. The van der Waals surface area contributed by atoms with Crippen LogP contribution in [0.25, 0.3) is 85.0 Å². The van der Waals surface area contributed by atoms with E-state index in [-0.39, 0.29) is 114 Å². The van der Waals surface area contributed by atoms with E-state index in [1.807, 2.05) is 111 Å². The van der Waals surface area contributed by atoms with Crippen LogP contribution in [0.4, 0.5) is 0 Å². The number of aryl methyl sites for hydroxylation is 4. The number of hydrogen-bond acceptors (Lipinski definition) is 26. The number of ether oxygens (including phenoxy) is 4. The minimum atomic E-state index is -1.44. The SMILES string of the molecule is COc1cccc(Cn2ncc3c4sc(C(C)(C)O)nc4n(C)c3c2=O)c1.COc1cccc(Cn2ncc3c4sc(C(C)=O)nc4n(C)c3c2=O)c1.COc1cccc(Cn2ncc3c4sc(C(C)O)nc4n(C)c3c2=O)c1.COc1cccc(Cn2ncc3c4sc(C=O)nc4n(C)c3c2=O)c1.[2H]CC.[CH3-].[CH3-].[Cl-].[Cl-].[Mg+2].[Mg+2].[O]=[Mn]=[O]. The van der Waals surface area contributed by atoms with Crippen molar-refractivity contribution in [2.75, 3.05) is 28.4 Å². The van der Waals surface area contributed by atoms with Gasteiger partial charge in [0.2, 0.25) is 0 Å². The van der Waals surface area contributed by atoms with Gasteiger partial charge in [0, 0.05) is 58.0 Å². The molecule has 30 nitrogen and oxygen atoms in total. The number of ketones is 1. The number of hydrogen-bond donors (Lipinski definition) is 2. The van der Waals surface area contributed by atoms with Gasteiger partial charge in [-0.1, -0.05) is 62.4 Å². The Kier molecular flexibility index (Phi) is 34.2. The molecule has 0 spiro atoms. The zero-order valence-corrected chi connectivity index (χ0v) is 74.2. The molecule has 16 aromatic rings. The maximum atomic E-state index is 13.0. The van der Waals surface area contributed by atoms with E-state index in [0.29, 0.717) is 104 Å². The number of benzene rings is 4. The van der Waals surface area contributed by atoms with Crippen LogP contribution in [0.5, 0.6) is 23.0 Å². The van der Waals surface area contributed by atoms with Crippen molar-refractivity contribution in [2.24, 2.45) is 28.2 Å². The van der Waals surface area contributed by atoms with Gasteiger partial charge in [-0.15, -0.1) is 45.3 Å². The van der Waals surface area contributed by atoms with Gasteiger partial charge in [0.15, 0.2) is 44.7 Å². The summed E-state index contributed by atoms with van der Waals surface area (Å²) in [6.07, 6.45) is 6.81. The number of aliphatic hydroxyl groups excluding tert-OH is 1. The number of carbonyl (C=O) groups is 2. The molecule has 1 atom stereocenters. The van der Waals surface area contributed by atoms with Crippen molar-refractivity contribution in [1.29, 1.82) is 0 Å². The van der Waals surface area contributed by atoms with Crippen LogP contribution in [0.2, 0.25) is 0 Å². The predicted octanol–water partition coefficient (Wildman–Crippen LogP) is 4.84. The van der Waals surface area contributed by atoms with E-state index >= 15 is 0 Å². The second-order valence-electron chi connectivity index (χ2n) is 24.8. The molecule has 2 N–H and O–H groups in total. The van der Waals surface area contributed by atoms with Gasteiger partial charge >= 0.3 is 68.6 Å². The van der Waals surface area contributed by atoms with Gasteiger partial charge < -0.3 is 87.1 Å². The number of fused-ring (bicyclic) bond motifs is 12. The van der Waals surface area contributed by atoms with Crippen molar-refractivity contribution in [3.05, 3.63) is 220 Å². The van der Waals surface area contributed by atoms with Gasteiger partial charge in [-0.05, 0) is 91.6 Å². The van der Waals surface area contributed by atoms with Crippen LogP contribution < -0.4 is 66.0 Å². The van der Waals surface area contributed by atoms with E-state index in [2.05, 4.69) is 40.3 Å². The number of carbonyl (C=O) groups excluding carboxylic acids is 2. The summed E-state index contributed by atoms with van der Waals surface area (Å²) in [7, 11) is 13.6. The molecule has 12 aromatic heterocycles. The monoisotopic (exact) mass is 1740 g/mol. The minimum absolute atomic E-state index is 0. The number of Topliss-reactive ketones (excluding diaryl/α,β-unsaturated/α-hetero) is 1. The number of aldehydes is 1. The Balaban J connectivity index is 0.000000265. The fourth-order valence-electron chi connectivity index (χ4n) is 12.1. The Morgan fingerprint density at radius 2 is 0.809 bits per heavy atom. The van der Waals surface area contributed by atoms with E-state index < -0.39 is 26.5 Å². The van der Waals surface area contributed by atoms with Gasteiger partial charge in [0.1, 0.15) is 66.8 Å². The third-order valence-corrected chi connectivity index (χ3v) is 22.1. The Bertz CT molecular complexity index is 6470. The summed E-state index contributed by atoms with van der Waals surface area (Å²) in [4.78, 5) is 92.0. The molecule has 597 valence electrons. The van der Waals surface area contributed by atoms with Gasteiger partial charge in [-0.3, -0.25) is 28.8 Å². The van der Waals surface area contributed by atoms with E-state index in [4.69, 9.17) is 28.0 Å².